The molecule has 0 radical (unpaired) electrons. The Bertz CT molecular complexity index is 657. The Kier molecular flexibility index (Phi) is 4.91. The van der Waals surface area contributed by atoms with E-state index in [0.717, 1.165) is 36.4 Å². The lowest BCUT2D eigenvalue weighted by atomic mass is 10.0. The van der Waals surface area contributed by atoms with Crippen LogP contribution in [-0.2, 0) is 11.2 Å². The predicted octanol–water partition coefficient (Wildman–Crippen LogP) is 3.39. The van der Waals surface area contributed by atoms with Crippen LogP contribution in [0.4, 0.5) is 0 Å². The van der Waals surface area contributed by atoms with E-state index < -0.39 is 0 Å². The average molecular weight is 310 g/mol. The first kappa shape index (κ1) is 15.5. The molecule has 1 aliphatic rings. The van der Waals surface area contributed by atoms with Gasteiger partial charge < -0.3 is 9.64 Å². The van der Waals surface area contributed by atoms with E-state index in [0.29, 0.717) is 12.8 Å². The van der Waals surface area contributed by atoms with Crippen LogP contribution >= 0.6 is 0 Å². The first-order chi connectivity index (χ1) is 11.3. The lowest BCUT2D eigenvalue weighted by Crippen LogP contribution is -2.31. The number of rotatable bonds is 5. The van der Waals surface area contributed by atoms with Gasteiger partial charge >= 0.3 is 0 Å². The van der Waals surface area contributed by atoms with Gasteiger partial charge in [0.2, 0.25) is 5.91 Å². The van der Waals surface area contributed by atoms with Crippen molar-refractivity contribution in [1.29, 1.82) is 0 Å². The zero-order valence-electron chi connectivity index (χ0n) is 13.4. The van der Waals surface area contributed by atoms with E-state index in [4.69, 9.17) is 4.74 Å². The molecule has 1 amide bonds. The molecule has 4 nitrogen and oxygen atoms in total. The number of ether oxygens (including phenoxy) is 1. The molecule has 0 saturated carbocycles. The third-order valence-electron chi connectivity index (χ3n) is 4.39. The van der Waals surface area contributed by atoms with Gasteiger partial charge in [-0.3, -0.25) is 9.78 Å². The fourth-order valence-electron chi connectivity index (χ4n) is 3.25. The third-order valence-corrected chi connectivity index (χ3v) is 4.39. The highest BCUT2D eigenvalue weighted by Crippen LogP contribution is 2.37. The maximum absolute atomic E-state index is 12.7. The SMILES string of the molecule is COc1ccccc1[C@H]1CCCN1C(=O)CCc1ccccn1. The van der Waals surface area contributed by atoms with E-state index in [1.807, 2.05) is 41.3 Å². The molecule has 1 aromatic carbocycles. The normalized spacial score (nSPS) is 17.3. The van der Waals surface area contributed by atoms with Crippen molar-refractivity contribution in [3.8, 4) is 5.75 Å². The third kappa shape index (κ3) is 3.52. The molecule has 2 heterocycles. The van der Waals surface area contributed by atoms with Crippen LogP contribution < -0.4 is 4.74 Å². The summed E-state index contributed by atoms with van der Waals surface area (Å²) < 4.78 is 5.47. The lowest BCUT2D eigenvalue weighted by molar-refractivity contribution is -0.132. The van der Waals surface area contributed by atoms with Crippen molar-refractivity contribution < 1.29 is 9.53 Å². The van der Waals surface area contributed by atoms with Crippen LogP contribution in [0, 0.1) is 0 Å². The Balaban J connectivity index is 1.70. The first-order valence-electron chi connectivity index (χ1n) is 8.12. The van der Waals surface area contributed by atoms with Gasteiger partial charge in [0.15, 0.2) is 0 Å². The number of pyridine rings is 1. The minimum absolute atomic E-state index is 0.127. The second kappa shape index (κ2) is 7.27. The van der Waals surface area contributed by atoms with Crippen LogP contribution in [-0.4, -0.2) is 29.4 Å². The number of nitrogens with zero attached hydrogens (tertiary/aromatic N) is 2. The number of aryl methyl sites for hydroxylation is 1. The molecule has 0 bridgehead atoms. The van der Waals surface area contributed by atoms with Crippen molar-refractivity contribution >= 4 is 5.91 Å². The maximum Gasteiger partial charge on any atom is 0.223 e. The minimum atomic E-state index is 0.127. The number of hydrogen-bond donors (Lipinski definition) is 0. The van der Waals surface area contributed by atoms with Crippen molar-refractivity contribution in [3.63, 3.8) is 0 Å². The van der Waals surface area contributed by atoms with E-state index >= 15 is 0 Å². The summed E-state index contributed by atoms with van der Waals surface area (Å²) >= 11 is 0. The molecule has 23 heavy (non-hydrogen) atoms. The maximum atomic E-state index is 12.7. The molecule has 3 rings (SSSR count). The van der Waals surface area contributed by atoms with Gasteiger partial charge in [0.05, 0.1) is 13.2 Å². The fourth-order valence-corrected chi connectivity index (χ4v) is 3.25. The first-order valence-corrected chi connectivity index (χ1v) is 8.12. The molecule has 1 aliphatic heterocycles. The van der Waals surface area contributed by atoms with Gasteiger partial charge in [0.25, 0.3) is 0 Å². The summed E-state index contributed by atoms with van der Waals surface area (Å²) in [5, 5.41) is 0. The highest BCUT2D eigenvalue weighted by molar-refractivity contribution is 5.77. The quantitative estimate of drug-likeness (QED) is 0.850. The van der Waals surface area contributed by atoms with Crippen LogP contribution in [0.5, 0.6) is 5.75 Å². The van der Waals surface area contributed by atoms with Gasteiger partial charge in [0.1, 0.15) is 5.75 Å². The van der Waals surface area contributed by atoms with Gasteiger partial charge in [-0.2, -0.15) is 0 Å². The molecule has 1 aromatic heterocycles. The summed E-state index contributed by atoms with van der Waals surface area (Å²) in [6.07, 6.45) is 5.00. The number of carbonyl (C=O) groups excluding carboxylic acids is 1. The van der Waals surface area contributed by atoms with E-state index in [9.17, 15) is 4.79 Å². The topological polar surface area (TPSA) is 42.4 Å². The highest BCUT2D eigenvalue weighted by Gasteiger charge is 2.31. The van der Waals surface area contributed by atoms with E-state index in [-0.39, 0.29) is 11.9 Å². The number of likely N-dealkylation sites (tertiary alicyclic amines) is 1. The summed E-state index contributed by atoms with van der Waals surface area (Å²) in [6.45, 7) is 0.823. The van der Waals surface area contributed by atoms with Crippen LogP contribution in [0.1, 0.15) is 36.6 Å². The van der Waals surface area contributed by atoms with Gasteiger partial charge in [0, 0.05) is 30.4 Å². The van der Waals surface area contributed by atoms with Gasteiger partial charge in [-0.15, -0.1) is 0 Å². The van der Waals surface area contributed by atoms with Crippen molar-refractivity contribution in [1.82, 2.24) is 9.88 Å². The number of benzene rings is 1. The van der Waals surface area contributed by atoms with Crippen molar-refractivity contribution in [2.45, 2.75) is 31.7 Å². The molecule has 1 saturated heterocycles. The zero-order valence-corrected chi connectivity index (χ0v) is 13.4. The molecule has 1 atom stereocenters. The lowest BCUT2D eigenvalue weighted by Gasteiger charge is -2.26. The number of amides is 1. The zero-order chi connectivity index (χ0) is 16.1. The largest absolute Gasteiger partial charge is 0.496 e. The Morgan fingerprint density at radius 1 is 1.26 bits per heavy atom. The van der Waals surface area contributed by atoms with E-state index in [1.54, 1.807) is 13.3 Å². The average Bonchev–Trinajstić information content (AvgIpc) is 3.10. The molecule has 120 valence electrons. The Morgan fingerprint density at radius 3 is 2.87 bits per heavy atom. The van der Waals surface area contributed by atoms with Crippen molar-refractivity contribution in [2.75, 3.05) is 13.7 Å². The van der Waals surface area contributed by atoms with Gasteiger partial charge in [-0.1, -0.05) is 24.3 Å². The van der Waals surface area contributed by atoms with Gasteiger partial charge in [-0.25, -0.2) is 0 Å². The standard InChI is InChI=1S/C19H22N2O2/c1-23-18-10-3-2-8-16(18)17-9-6-14-21(17)19(22)12-11-15-7-4-5-13-20-15/h2-5,7-8,10,13,17H,6,9,11-12,14H2,1H3/t17-/m1/s1. The summed E-state index contributed by atoms with van der Waals surface area (Å²) in [7, 11) is 1.68. The second-order valence-corrected chi connectivity index (χ2v) is 5.81. The summed E-state index contributed by atoms with van der Waals surface area (Å²) in [5.41, 5.74) is 2.08. The minimum Gasteiger partial charge on any atom is -0.496 e. The van der Waals surface area contributed by atoms with Crippen LogP contribution in [0.15, 0.2) is 48.7 Å². The fraction of sp³-hybridized carbons (Fsp3) is 0.368. The molecule has 1 fully saturated rings. The summed E-state index contributed by atoms with van der Waals surface area (Å²) in [6, 6.07) is 13.9. The number of hydrogen-bond acceptors (Lipinski definition) is 3. The van der Waals surface area contributed by atoms with Crippen LogP contribution in [0.25, 0.3) is 0 Å². The van der Waals surface area contributed by atoms with Gasteiger partial charge in [-0.05, 0) is 37.5 Å². The van der Waals surface area contributed by atoms with E-state index in [2.05, 4.69) is 11.1 Å². The second-order valence-electron chi connectivity index (χ2n) is 5.81. The van der Waals surface area contributed by atoms with E-state index in [1.165, 1.54) is 0 Å². The van der Waals surface area contributed by atoms with Crippen molar-refractivity contribution in [2.24, 2.45) is 0 Å². The summed E-state index contributed by atoms with van der Waals surface area (Å²) in [4.78, 5) is 19.0. The molecule has 0 aliphatic carbocycles. The molecular formula is C19H22N2O2. The Labute approximate surface area is 137 Å². The monoisotopic (exact) mass is 310 g/mol. The molecule has 0 unspecified atom stereocenters. The van der Waals surface area contributed by atoms with Crippen LogP contribution in [0.3, 0.4) is 0 Å². The highest BCUT2D eigenvalue weighted by atomic mass is 16.5. The Hall–Kier alpha value is -2.36. The molecule has 0 spiro atoms. The predicted molar refractivity (Wildman–Crippen MR) is 89.2 cm³/mol. The van der Waals surface area contributed by atoms with Crippen molar-refractivity contribution in [3.05, 3.63) is 59.9 Å². The summed E-state index contributed by atoms with van der Waals surface area (Å²) in [5.74, 6) is 1.06. The molecular weight excluding hydrogens is 288 g/mol. The number of methoxy groups -OCH3 is 1. The molecule has 2 aromatic rings. The molecule has 4 heteroatoms. The number of para-hydroxylation sites is 1. The number of carbonyl (C=O) groups is 1. The Morgan fingerprint density at radius 2 is 2.09 bits per heavy atom. The molecule has 0 N–H and O–H groups in total. The van der Waals surface area contributed by atoms with Crippen LogP contribution in [0.2, 0.25) is 0 Å². The smallest absolute Gasteiger partial charge is 0.223 e. The number of aromatic nitrogens is 1.